The van der Waals surface area contributed by atoms with Crippen LogP contribution in [0.25, 0.3) is 0 Å². The molecule has 6 heteroatoms. The molecule has 0 bridgehead atoms. The number of carbonyl (C=O) groups excluding carboxylic acids is 2. The average Bonchev–Trinajstić information content (AvgIpc) is 3.06. The number of hydrogen-bond acceptors (Lipinski definition) is 4. The second-order valence-corrected chi connectivity index (χ2v) is 8.50. The van der Waals surface area contributed by atoms with E-state index in [1.165, 1.54) is 17.0 Å². The fraction of sp³-hybridized carbons (Fsp3) is 0.360. The van der Waals surface area contributed by atoms with Gasteiger partial charge in [-0.1, -0.05) is 48.9 Å². The summed E-state index contributed by atoms with van der Waals surface area (Å²) in [5.41, 5.74) is 1.47. The summed E-state index contributed by atoms with van der Waals surface area (Å²) in [7, 11) is 0. The molecular weight excluding hydrogens is 397 g/mol. The molecular formula is C25H24FNO4. The van der Waals surface area contributed by atoms with Crippen LogP contribution in [0.2, 0.25) is 0 Å². The van der Waals surface area contributed by atoms with E-state index >= 15 is 0 Å². The molecule has 5 rings (SSSR count). The van der Waals surface area contributed by atoms with E-state index in [1.54, 1.807) is 24.3 Å². The van der Waals surface area contributed by atoms with Crippen LogP contribution in [0.15, 0.2) is 65.9 Å². The Morgan fingerprint density at radius 2 is 1.84 bits per heavy atom. The third-order valence-electron chi connectivity index (χ3n) is 6.58. The van der Waals surface area contributed by atoms with Crippen LogP contribution in [0.3, 0.4) is 0 Å². The predicted molar refractivity (Wildman–Crippen MR) is 111 cm³/mol. The molecule has 5 nitrogen and oxygen atoms in total. The van der Waals surface area contributed by atoms with Gasteiger partial charge in [-0.3, -0.25) is 9.59 Å². The van der Waals surface area contributed by atoms with Gasteiger partial charge in [0.1, 0.15) is 11.9 Å². The van der Waals surface area contributed by atoms with Crippen LogP contribution < -0.4 is 0 Å². The van der Waals surface area contributed by atoms with Crippen LogP contribution in [0.5, 0.6) is 0 Å². The molecule has 4 unspecified atom stereocenters. The predicted octanol–water partition coefficient (Wildman–Crippen LogP) is 3.85. The minimum Gasteiger partial charge on any atom is -0.483 e. The van der Waals surface area contributed by atoms with Gasteiger partial charge in [0, 0.05) is 0 Å². The molecule has 1 N–H and O–H groups in total. The molecule has 2 aliphatic heterocycles. The molecule has 1 fully saturated rings. The van der Waals surface area contributed by atoms with E-state index in [-0.39, 0.29) is 30.1 Å². The zero-order valence-electron chi connectivity index (χ0n) is 17.0. The lowest BCUT2D eigenvalue weighted by Gasteiger charge is -2.35. The topological polar surface area (TPSA) is 66.8 Å². The number of β-amino-alcohol motifs (C(OH)–C–C–N with tert-alkyl or cyclic N) is 1. The van der Waals surface area contributed by atoms with Crippen molar-refractivity contribution in [2.75, 3.05) is 6.54 Å². The molecule has 31 heavy (non-hydrogen) atoms. The summed E-state index contributed by atoms with van der Waals surface area (Å²) in [6.07, 6.45) is 2.17. The maximum atomic E-state index is 14.1. The van der Waals surface area contributed by atoms with E-state index in [9.17, 15) is 19.1 Å². The number of benzene rings is 2. The lowest BCUT2D eigenvalue weighted by Crippen LogP contribution is -2.39. The van der Waals surface area contributed by atoms with Gasteiger partial charge in [-0.25, -0.2) is 4.39 Å². The van der Waals surface area contributed by atoms with E-state index in [4.69, 9.17) is 4.74 Å². The van der Waals surface area contributed by atoms with Gasteiger partial charge in [-0.15, -0.1) is 0 Å². The molecule has 0 aromatic heterocycles. The normalized spacial score (nSPS) is 26.4. The van der Waals surface area contributed by atoms with E-state index in [0.717, 1.165) is 25.7 Å². The number of Topliss-reactive ketones (excluding diaryl/α,β-unsaturated/α-hetero) is 1. The quantitative estimate of drug-likeness (QED) is 0.814. The highest BCUT2D eigenvalue weighted by Crippen LogP contribution is 2.47. The molecule has 1 aliphatic carbocycles. The largest absolute Gasteiger partial charge is 0.483 e. The smallest absolute Gasteiger partial charge is 0.290 e. The zero-order valence-corrected chi connectivity index (χ0v) is 17.0. The highest BCUT2D eigenvalue weighted by molar-refractivity contribution is 6.11. The first-order chi connectivity index (χ1) is 15.0. The first-order valence-electron chi connectivity index (χ1n) is 10.8. The molecule has 3 aliphatic rings. The van der Waals surface area contributed by atoms with Crippen molar-refractivity contribution in [1.29, 1.82) is 0 Å². The van der Waals surface area contributed by atoms with Gasteiger partial charge in [0.15, 0.2) is 11.5 Å². The zero-order chi connectivity index (χ0) is 21.5. The molecule has 0 saturated heterocycles. The fourth-order valence-electron chi connectivity index (χ4n) is 5.07. The maximum absolute atomic E-state index is 14.1. The Kier molecular flexibility index (Phi) is 5.10. The lowest BCUT2D eigenvalue weighted by atomic mass is 9.77. The number of ether oxygens (including phenoxy) is 1. The summed E-state index contributed by atoms with van der Waals surface area (Å²) >= 11 is 0. The van der Waals surface area contributed by atoms with Crippen molar-refractivity contribution in [3.8, 4) is 0 Å². The van der Waals surface area contributed by atoms with Crippen molar-refractivity contribution in [1.82, 2.24) is 4.90 Å². The second kappa shape index (κ2) is 7.93. The molecule has 4 atom stereocenters. The minimum atomic E-state index is -0.944. The Hall–Kier alpha value is -2.99. The van der Waals surface area contributed by atoms with Crippen molar-refractivity contribution in [2.24, 2.45) is 5.92 Å². The number of aliphatic hydroxyl groups is 1. The highest BCUT2D eigenvalue weighted by atomic mass is 19.1. The third-order valence-corrected chi connectivity index (χ3v) is 6.58. The van der Waals surface area contributed by atoms with Crippen molar-refractivity contribution in [3.63, 3.8) is 0 Å². The van der Waals surface area contributed by atoms with Gasteiger partial charge >= 0.3 is 0 Å². The van der Waals surface area contributed by atoms with Crippen LogP contribution in [0.4, 0.5) is 4.39 Å². The van der Waals surface area contributed by atoms with Gasteiger partial charge in [0.25, 0.3) is 5.91 Å². The number of carbonyl (C=O) groups is 2. The van der Waals surface area contributed by atoms with Crippen LogP contribution in [-0.4, -0.2) is 34.3 Å². The maximum Gasteiger partial charge on any atom is 0.290 e. The van der Waals surface area contributed by atoms with Crippen molar-refractivity contribution < 1.29 is 23.8 Å². The molecule has 160 valence electrons. The Morgan fingerprint density at radius 1 is 1.06 bits per heavy atom. The SMILES string of the molecule is O=C1C2=C(OC3CCCCC13)C(=O)N(CC(O)c1ccccc1)C2c1cccc(F)c1. The second-order valence-electron chi connectivity index (χ2n) is 8.50. The number of fused-ring (bicyclic) bond motifs is 1. The van der Waals surface area contributed by atoms with Crippen LogP contribution >= 0.6 is 0 Å². The summed E-state index contributed by atoms with van der Waals surface area (Å²) in [6.45, 7) is -0.0248. The van der Waals surface area contributed by atoms with Crippen molar-refractivity contribution >= 4 is 11.7 Å². The molecule has 1 amide bonds. The van der Waals surface area contributed by atoms with Crippen LogP contribution in [0, 0.1) is 11.7 Å². The number of amides is 1. The lowest BCUT2D eigenvalue weighted by molar-refractivity contribution is -0.136. The molecule has 0 radical (unpaired) electrons. The molecule has 0 spiro atoms. The fourth-order valence-corrected chi connectivity index (χ4v) is 5.07. The van der Waals surface area contributed by atoms with Gasteiger partial charge in [-0.05, 0) is 42.5 Å². The molecule has 2 heterocycles. The van der Waals surface area contributed by atoms with Gasteiger partial charge in [0.2, 0.25) is 0 Å². The molecule has 2 aromatic rings. The van der Waals surface area contributed by atoms with Crippen LogP contribution in [-0.2, 0) is 14.3 Å². The van der Waals surface area contributed by atoms with Crippen LogP contribution in [0.1, 0.15) is 49.0 Å². The van der Waals surface area contributed by atoms with E-state index in [2.05, 4.69) is 0 Å². The highest BCUT2D eigenvalue weighted by Gasteiger charge is 2.52. The summed E-state index contributed by atoms with van der Waals surface area (Å²) in [5, 5.41) is 10.8. The van der Waals surface area contributed by atoms with E-state index < -0.39 is 23.9 Å². The van der Waals surface area contributed by atoms with Gasteiger partial charge < -0.3 is 14.7 Å². The molecule has 1 saturated carbocycles. The number of rotatable bonds is 4. The molecule has 2 aromatic carbocycles. The van der Waals surface area contributed by atoms with E-state index in [1.807, 2.05) is 18.2 Å². The van der Waals surface area contributed by atoms with Gasteiger partial charge in [-0.2, -0.15) is 0 Å². The minimum absolute atomic E-state index is 0.0248. The summed E-state index contributed by atoms with van der Waals surface area (Å²) in [6, 6.07) is 14.2. The van der Waals surface area contributed by atoms with Crippen molar-refractivity contribution in [2.45, 2.75) is 43.9 Å². The summed E-state index contributed by atoms with van der Waals surface area (Å²) < 4.78 is 20.2. The first kappa shape index (κ1) is 19.9. The Bertz CT molecular complexity index is 1050. The Morgan fingerprint density at radius 3 is 2.61 bits per heavy atom. The number of ketones is 1. The van der Waals surface area contributed by atoms with Gasteiger partial charge in [0.05, 0.1) is 30.2 Å². The summed E-state index contributed by atoms with van der Waals surface area (Å²) in [4.78, 5) is 28.3. The standard InChI is InChI=1S/C25H24FNO4/c26-17-10-6-9-16(13-17)22-21-23(29)18-11-4-5-12-20(18)31-24(21)25(30)27(22)14-19(28)15-7-2-1-3-8-15/h1-3,6-10,13,18-20,22,28H,4-5,11-12,14H2. The first-order valence-corrected chi connectivity index (χ1v) is 10.8. The average molecular weight is 421 g/mol. The number of hydrogen-bond donors (Lipinski definition) is 1. The number of halogens is 1. The third kappa shape index (κ3) is 3.45. The number of nitrogens with zero attached hydrogens (tertiary/aromatic N) is 1. The summed E-state index contributed by atoms with van der Waals surface area (Å²) in [5.74, 6) is -1.14. The number of aliphatic hydroxyl groups excluding tert-OH is 1. The van der Waals surface area contributed by atoms with E-state index in [0.29, 0.717) is 16.7 Å². The Labute approximate surface area is 180 Å². The Balaban J connectivity index is 1.55. The monoisotopic (exact) mass is 421 g/mol. The van der Waals surface area contributed by atoms with Crippen molar-refractivity contribution in [3.05, 3.63) is 82.9 Å².